The van der Waals surface area contributed by atoms with Crippen LogP contribution in [0.25, 0.3) is 0 Å². The molecule has 3 rings (SSSR count). The third-order valence-corrected chi connectivity index (χ3v) is 4.37. The average molecular weight is 353 g/mol. The van der Waals surface area contributed by atoms with Gasteiger partial charge in [0.05, 0.1) is 0 Å². The van der Waals surface area contributed by atoms with Gasteiger partial charge in [-0.25, -0.2) is 0 Å². The van der Waals surface area contributed by atoms with Crippen LogP contribution in [-0.4, -0.2) is 22.0 Å². The van der Waals surface area contributed by atoms with E-state index in [9.17, 15) is 9.59 Å². The Balaban J connectivity index is 1.55. The lowest BCUT2D eigenvalue weighted by molar-refractivity contribution is -0.120. The maximum Gasteiger partial charge on any atom is 0.228 e. The molecule has 2 aromatic rings. The van der Waals surface area contributed by atoms with Gasteiger partial charge >= 0.3 is 0 Å². The van der Waals surface area contributed by atoms with Crippen molar-refractivity contribution >= 4 is 34.8 Å². The molecule has 1 aliphatic carbocycles. The minimum absolute atomic E-state index is 0.0354. The van der Waals surface area contributed by atoms with Crippen molar-refractivity contribution in [1.82, 2.24) is 10.2 Å². The number of hydrogen-bond acceptors (Lipinski definition) is 5. The first kappa shape index (κ1) is 17.8. The van der Waals surface area contributed by atoms with Crippen LogP contribution in [-0.2, 0) is 9.59 Å². The molecule has 26 heavy (non-hydrogen) atoms. The molecular formula is C19H23N5O2. The van der Waals surface area contributed by atoms with E-state index in [4.69, 9.17) is 0 Å². The smallest absolute Gasteiger partial charge is 0.228 e. The molecule has 0 radical (unpaired) electrons. The molecule has 3 N–H and O–H groups in total. The normalized spacial score (nSPS) is 14.5. The molecule has 1 aromatic heterocycles. The Morgan fingerprint density at radius 3 is 2.08 bits per heavy atom. The van der Waals surface area contributed by atoms with Crippen molar-refractivity contribution in [2.45, 2.75) is 39.0 Å². The van der Waals surface area contributed by atoms with E-state index in [-0.39, 0.29) is 17.7 Å². The fraction of sp³-hybridized carbons (Fsp3) is 0.368. The van der Waals surface area contributed by atoms with Gasteiger partial charge < -0.3 is 16.0 Å². The van der Waals surface area contributed by atoms with E-state index in [0.29, 0.717) is 11.6 Å². The van der Waals surface area contributed by atoms with Crippen LogP contribution >= 0.6 is 0 Å². The number of carbonyl (C=O) groups is 2. The lowest BCUT2D eigenvalue weighted by atomic mass is 9.89. The minimum atomic E-state index is -0.109. The summed E-state index contributed by atoms with van der Waals surface area (Å²) in [5.41, 5.74) is 1.56. The van der Waals surface area contributed by atoms with Crippen LogP contribution in [0.1, 0.15) is 39.0 Å². The second kappa shape index (κ2) is 8.42. The maximum atomic E-state index is 12.2. The number of benzene rings is 1. The predicted octanol–water partition coefficient (Wildman–Crippen LogP) is 3.70. The van der Waals surface area contributed by atoms with Crippen LogP contribution in [0.4, 0.5) is 23.0 Å². The number of nitrogens with zero attached hydrogens (tertiary/aromatic N) is 2. The Morgan fingerprint density at radius 2 is 1.46 bits per heavy atom. The minimum Gasteiger partial charge on any atom is -0.339 e. The van der Waals surface area contributed by atoms with Crippen molar-refractivity contribution in [3.05, 3.63) is 36.4 Å². The molecule has 7 heteroatoms. The van der Waals surface area contributed by atoms with Crippen molar-refractivity contribution in [1.29, 1.82) is 0 Å². The highest BCUT2D eigenvalue weighted by Gasteiger charge is 2.21. The molecule has 1 fully saturated rings. The standard InChI is InChI=1S/C19H23N5O2/c1-13(25)20-15-7-9-16(10-8-15)21-17-11-12-18(24-23-17)22-19(26)14-5-3-2-4-6-14/h7-12,14H,2-6H2,1H3,(H,20,25)(H,21,23)(H,22,24,26). The Morgan fingerprint density at radius 1 is 0.846 bits per heavy atom. The summed E-state index contributed by atoms with van der Waals surface area (Å²) in [4.78, 5) is 23.3. The Hall–Kier alpha value is -2.96. The van der Waals surface area contributed by atoms with E-state index in [2.05, 4.69) is 26.1 Å². The quantitative estimate of drug-likeness (QED) is 0.762. The first-order chi connectivity index (χ1) is 12.6. The van der Waals surface area contributed by atoms with Gasteiger partial charge in [0.1, 0.15) is 0 Å². The molecule has 0 aliphatic heterocycles. The molecule has 1 aliphatic rings. The fourth-order valence-corrected chi connectivity index (χ4v) is 3.05. The van der Waals surface area contributed by atoms with Gasteiger partial charge in [0.2, 0.25) is 11.8 Å². The molecular weight excluding hydrogens is 330 g/mol. The van der Waals surface area contributed by atoms with Gasteiger partial charge in [-0.3, -0.25) is 9.59 Å². The van der Waals surface area contributed by atoms with E-state index < -0.39 is 0 Å². The van der Waals surface area contributed by atoms with Crippen LogP contribution in [0.5, 0.6) is 0 Å². The average Bonchev–Trinajstić information content (AvgIpc) is 2.65. The molecule has 0 saturated heterocycles. The second-order valence-corrected chi connectivity index (χ2v) is 6.51. The van der Waals surface area contributed by atoms with Crippen LogP contribution in [0.2, 0.25) is 0 Å². The number of amides is 2. The summed E-state index contributed by atoms with van der Waals surface area (Å²) in [6, 6.07) is 10.8. The Labute approximate surface area is 152 Å². The summed E-state index contributed by atoms with van der Waals surface area (Å²) in [5.74, 6) is 1.06. The van der Waals surface area contributed by atoms with Crippen LogP contribution in [0, 0.1) is 5.92 Å². The Kier molecular flexibility index (Phi) is 5.78. The SMILES string of the molecule is CC(=O)Nc1ccc(Nc2ccc(NC(=O)C3CCCCC3)nn2)cc1. The number of carbonyl (C=O) groups excluding carboxylic acids is 2. The number of anilines is 4. The van der Waals surface area contributed by atoms with Gasteiger partial charge in [-0.05, 0) is 49.2 Å². The van der Waals surface area contributed by atoms with Crippen molar-refractivity contribution < 1.29 is 9.59 Å². The summed E-state index contributed by atoms with van der Waals surface area (Å²) in [5, 5.41) is 16.9. The molecule has 0 bridgehead atoms. The van der Waals surface area contributed by atoms with Gasteiger partial charge in [-0.15, -0.1) is 10.2 Å². The molecule has 7 nitrogen and oxygen atoms in total. The van der Waals surface area contributed by atoms with Gasteiger partial charge in [-0.2, -0.15) is 0 Å². The molecule has 136 valence electrons. The van der Waals surface area contributed by atoms with Crippen molar-refractivity contribution in [2.75, 3.05) is 16.0 Å². The summed E-state index contributed by atoms with van der Waals surface area (Å²) in [7, 11) is 0. The molecule has 2 amide bonds. The second-order valence-electron chi connectivity index (χ2n) is 6.51. The van der Waals surface area contributed by atoms with E-state index in [1.807, 2.05) is 12.1 Å². The third kappa shape index (κ3) is 5.02. The van der Waals surface area contributed by atoms with Crippen molar-refractivity contribution in [3.63, 3.8) is 0 Å². The first-order valence-electron chi connectivity index (χ1n) is 8.89. The summed E-state index contributed by atoms with van der Waals surface area (Å²) >= 11 is 0. The lowest BCUT2D eigenvalue weighted by Crippen LogP contribution is -2.25. The Bertz CT molecular complexity index is 753. The monoisotopic (exact) mass is 353 g/mol. The highest BCUT2D eigenvalue weighted by Crippen LogP contribution is 2.25. The zero-order chi connectivity index (χ0) is 18.4. The topological polar surface area (TPSA) is 96.0 Å². The number of nitrogens with one attached hydrogen (secondary N) is 3. The van der Waals surface area contributed by atoms with Crippen molar-refractivity contribution in [2.24, 2.45) is 5.92 Å². The summed E-state index contributed by atoms with van der Waals surface area (Å²) < 4.78 is 0. The molecule has 0 unspecified atom stereocenters. The molecule has 1 saturated carbocycles. The van der Waals surface area contributed by atoms with Crippen LogP contribution in [0.15, 0.2) is 36.4 Å². The number of aromatic nitrogens is 2. The summed E-state index contributed by atoms with van der Waals surface area (Å²) in [6.07, 6.45) is 5.36. The number of hydrogen-bond donors (Lipinski definition) is 3. The molecule has 0 spiro atoms. The van der Waals surface area contributed by atoms with E-state index in [0.717, 1.165) is 37.1 Å². The van der Waals surface area contributed by atoms with Gasteiger partial charge in [0.25, 0.3) is 0 Å². The van der Waals surface area contributed by atoms with Gasteiger partial charge in [-0.1, -0.05) is 19.3 Å². The zero-order valence-corrected chi connectivity index (χ0v) is 14.8. The molecule has 1 heterocycles. The van der Waals surface area contributed by atoms with E-state index in [1.165, 1.54) is 13.3 Å². The van der Waals surface area contributed by atoms with Crippen LogP contribution < -0.4 is 16.0 Å². The lowest BCUT2D eigenvalue weighted by Gasteiger charge is -2.20. The van der Waals surface area contributed by atoms with Crippen molar-refractivity contribution in [3.8, 4) is 0 Å². The first-order valence-corrected chi connectivity index (χ1v) is 8.89. The summed E-state index contributed by atoms with van der Waals surface area (Å²) in [6.45, 7) is 1.47. The highest BCUT2D eigenvalue weighted by molar-refractivity contribution is 5.91. The van der Waals surface area contributed by atoms with Crippen LogP contribution in [0.3, 0.4) is 0 Å². The molecule has 1 aromatic carbocycles. The largest absolute Gasteiger partial charge is 0.339 e. The number of rotatable bonds is 5. The van der Waals surface area contributed by atoms with E-state index in [1.54, 1.807) is 24.3 Å². The predicted molar refractivity (Wildman–Crippen MR) is 101 cm³/mol. The zero-order valence-electron chi connectivity index (χ0n) is 14.8. The van der Waals surface area contributed by atoms with Gasteiger partial charge in [0.15, 0.2) is 11.6 Å². The van der Waals surface area contributed by atoms with E-state index >= 15 is 0 Å². The molecule has 0 atom stereocenters. The van der Waals surface area contributed by atoms with Gasteiger partial charge in [0, 0.05) is 24.2 Å². The highest BCUT2D eigenvalue weighted by atomic mass is 16.2. The maximum absolute atomic E-state index is 12.2. The fourth-order valence-electron chi connectivity index (χ4n) is 3.05. The third-order valence-electron chi connectivity index (χ3n) is 4.37.